The maximum Gasteiger partial charge on any atom is 0.292 e. The largest absolute Gasteiger partial charge is 0.292 e. The molecule has 238 valence electrons. The number of benzene rings is 7. The summed E-state index contributed by atoms with van der Waals surface area (Å²) in [5.41, 5.74) is 4.95. The van der Waals surface area contributed by atoms with E-state index in [0.717, 1.165) is 58.8 Å². The summed E-state index contributed by atoms with van der Waals surface area (Å²) in [6.45, 7) is 0. The number of hydrogen-bond donors (Lipinski definition) is 0. The molecule has 0 spiro atoms. The Morgan fingerprint density at radius 3 is 1.73 bits per heavy atom. The van der Waals surface area contributed by atoms with Gasteiger partial charge in [0.25, 0.3) is 11.1 Å². The third-order valence-corrected chi connectivity index (χ3v) is 14.1. The van der Waals surface area contributed by atoms with Crippen molar-refractivity contribution in [2.75, 3.05) is 0 Å². The van der Waals surface area contributed by atoms with Gasteiger partial charge in [-0.3, -0.25) is 9.59 Å². The van der Waals surface area contributed by atoms with Crippen LogP contribution < -0.4 is 11.1 Å². The summed E-state index contributed by atoms with van der Waals surface area (Å²) in [6.07, 6.45) is 0. The van der Waals surface area contributed by atoms with Gasteiger partial charge in [0.2, 0.25) is 0 Å². The zero-order chi connectivity index (χ0) is 33.5. The van der Waals surface area contributed by atoms with E-state index in [1.54, 1.807) is 22.7 Å². The Labute approximate surface area is 300 Å². The van der Waals surface area contributed by atoms with E-state index in [9.17, 15) is 9.59 Å². The second-order valence-electron chi connectivity index (χ2n) is 13.2. The van der Waals surface area contributed by atoms with Crippen molar-refractivity contribution in [1.29, 1.82) is 0 Å². The quantitative estimate of drug-likeness (QED) is 0.180. The predicted octanol–water partition coefficient (Wildman–Crippen LogP) is 11.9. The Balaban J connectivity index is 1.28. The van der Waals surface area contributed by atoms with Gasteiger partial charge in [0.1, 0.15) is 4.70 Å². The van der Waals surface area contributed by atoms with Gasteiger partial charge in [0, 0.05) is 56.0 Å². The van der Waals surface area contributed by atoms with Crippen LogP contribution in [0.1, 0.15) is 0 Å². The SMILES string of the molecule is O=c1c2sc3cc4ccccc4cc3c2n2c3cc(-c4cccc5c4sc4ccccc45)cc(-c4cccc5c4sc4ccccc45)c3c(=O)n12. The zero-order valence-electron chi connectivity index (χ0n) is 26.6. The molecule has 0 saturated heterocycles. The van der Waals surface area contributed by atoms with Crippen LogP contribution in [0.4, 0.5) is 0 Å². The average molecular weight is 707 g/mol. The van der Waals surface area contributed by atoms with E-state index < -0.39 is 0 Å². The van der Waals surface area contributed by atoms with Gasteiger partial charge >= 0.3 is 0 Å². The first-order valence-electron chi connectivity index (χ1n) is 16.8. The number of fused-ring (bicyclic) bond motifs is 14. The van der Waals surface area contributed by atoms with Crippen molar-refractivity contribution >= 4 is 116 Å². The first kappa shape index (κ1) is 27.9. The zero-order valence-corrected chi connectivity index (χ0v) is 29.1. The molecule has 0 atom stereocenters. The Bertz CT molecular complexity index is 3600. The molecule has 12 rings (SSSR count). The molecule has 12 aromatic rings. The molecule has 4 nitrogen and oxygen atoms in total. The third kappa shape index (κ3) is 3.62. The summed E-state index contributed by atoms with van der Waals surface area (Å²) >= 11 is 5.02. The summed E-state index contributed by atoms with van der Waals surface area (Å²) in [5.74, 6) is 0. The van der Waals surface area contributed by atoms with Crippen LogP contribution in [0.2, 0.25) is 0 Å². The highest BCUT2D eigenvalue weighted by Gasteiger charge is 2.26. The summed E-state index contributed by atoms with van der Waals surface area (Å²) in [5, 5.41) is 8.60. The smallest absolute Gasteiger partial charge is 0.267 e. The molecule has 0 radical (unpaired) electrons. The summed E-state index contributed by atoms with van der Waals surface area (Å²) in [6, 6.07) is 46.8. The highest BCUT2D eigenvalue weighted by Crippen LogP contribution is 2.46. The van der Waals surface area contributed by atoms with E-state index in [1.807, 2.05) is 16.6 Å². The standard InChI is InChI=1S/C44H22N2O2S3/c47-43-38-32(31-16-8-15-30-28-12-4-6-18-36(28)50-41(30)31)20-25(26-13-7-14-29-27-11-3-5-17-35(27)49-40(26)29)21-34(38)45-39-33-19-23-9-1-2-10-24(23)22-37(33)51-42(39)44(48)46(43)45/h1-22H. The van der Waals surface area contributed by atoms with Crippen LogP contribution in [0.25, 0.3) is 105 Å². The lowest BCUT2D eigenvalue weighted by Gasteiger charge is -2.11. The van der Waals surface area contributed by atoms with E-state index >= 15 is 0 Å². The van der Waals surface area contributed by atoms with Crippen molar-refractivity contribution < 1.29 is 0 Å². The van der Waals surface area contributed by atoms with Gasteiger partial charge in [-0.15, -0.1) is 34.0 Å². The van der Waals surface area contributed by atoms with Crippen molar-refractivity contribution in [3.8, 4) is 22.3 Å². The molecule has 0 fully saturated rings. The van der Waals surface area contributed by atoms with E-state index in [0.29, 0.717) is 10.1 Å². The minimum absolute atomic E-state index is 0.268. The molecule has 0 unspecified atom stereocenters. The normalized spacial score (nSPS) is 12.5. The minimum atomic E-state index is -0.285. The highest BCUT2D eigenvalue weighted by atomic mass is 32.1. The Kier molecular flexibility index (Phi) is 5.41. The molecule has 7 aromatic carbocycles. The van der Waals surface area contributed by atoms with Crippen molar-refractivity contribution in [1.82, 2.24) is 9.03 Å². The van der Waals surface area contributed by atoms with Crippen LogP contribution in [0.5, 0.6) is 0 Å². The molecule has 5 aromatic heterocycles. The predicted molar refractivity (Wildman–Crippen MR) is 219 cm³/mol. The first-order valence-corrected chi connectivity index (χ1v) is 19.2. The summed E-state index contributed by atoms with van der Waals surface area (Å²) in [4.78, 5) is 29.1. The van der Waals surface area contributed by atoms with Gasteiger partial charge in [-0.2, -0.15) is 4.52 Å². The fourth-order valence-electron chi connectivity index (χ4n) is 8.25. The van der Waals surface area contributed by atoms with Crippen LogP contribution in [0.3, 0.4) is 0 Å². The van der Waals surface area contributed by atoms with Crippen LogP contribution in [-0.4, -0.2) is 9.03 Å². The summed E-state index contributed by atoms with van der Waals surface area (Å²) < 4.78 is 9.70. The maximum absolute atomic E-state index is 14.8. The fourth-order valence-corrected chi connectivity index (χ4v) is 11.9. The molecule has 0 aliphatic rings. The lowest BCUT2D eigenvalue weighted by atomic mass is 9.94. The Hall–Kier alpha value is -5.86. The number of nitrogens with zero attached hydrogens (tertiary/aromatic N) is 2. The fraction of sp³-hybridized carbons (Fsp3) is 0. The van der Waals surface area contributed by atoms with Gasteiger partial charge in [-0.25, -0.2) is 4.52 Å². The first-order chi connectivity index (χ1) is 25.1. The topological polar surface area (TPSA) is 43.0 Å². The molecule has 7 heteroatoms. The average Bonchev–Trinajstić information content (AvgIpc) is 3.96. The van der Waals surface area contributed by atoms with E-state index in [2.05, 4.69) is 121 Å². The molecule has 0 bridgehead atoms. The Morgan fingerprint density at radius 2 is 1.00 bits per heavy atom. The van der Waals surface area contributed by atoms with Gasteiger partial charge in [-0.1, -0.05) is 97.1 Å². The molecule has 0 amide bonds. The van der Waals surface area contributed by atoms with E-state index in [4.69, 9.17) is 0 Å². The second-order valence-corrected chi connectivity index (χ2v) is 16.3. The molecule has 51 heavy (non-hydrogen) atoms. The molecular formula is C44H22N2O2S3. The Morgan fingerprint density at radius 1 is 0.412 bits per heavy atom. The number of hydrogen-bond acceptors (Lipinski definition) is 5. The van der Waals surface area contributed by atoms with Gasteiger partial charge in [0.05, 0.1) is 16.4 Å². The van der Waals surface area contributed by atoms with Crippen LogP contribution in [0.15, 0.2) is 143 Å². The molecule has 5 heterocycles. The molecule has 0 aliphatic carbocycles. The molecule has 0 aliphatic heterocycles. The number of thiophene rings is 3. The third-order valence-electron chi connectivity index (χ3n) is 10.5. The molecule has 0 N–H and O–H groups in total. The minimum Gasteiger partial charge on any atom is -0.267 e. The van der Waals surface area contributed by atoms with Crippen LogP contribution in [-0.2, 0) is 0 Å². The highest BCUT2D eigenvalue weighted by molar-refractivity contribution is 7.27. The van der Waals surface area contributed by atoms with Gasteiger partial charge in [0.15, 0.2) is 0 Å². The second kappa shape index (κ2) is 9.89. The number of aromatic nitrogens is 2. The maximum atomic E-state index is 14.8. The van der Waals surface area contributed by atoms with E-state index in [1.165, 1.54) is 51.5 Å². The monoisotopic (exact) mass is 706 g/mol. The van der Waals surface area contributed by atoms with Crippen LogP contribution in [0, 0.1) is 0 Å². The lowest BCUT2D eigenvalue weighted by Crippen LogP contribution is -2.21. The van der Waals surface area contributed by atoms with Crippen molar-refractivity contribution in [2.24, 2.45) is 0 Å². The lowest BCUT2D eigenvalue weighted by molar-refractivity contribution is 0.843. The van der Waals surface area contributed by atoms with Gasteiger partial charge < -0.3 is 0 Å². The summed E-state index contributed by atoms with van der Waals surface area (Å²) in [7, 11) is 0. The molecular weight excluding hydrogens is 685 g/mol. The van der Waals surface area contributed by atoms with Crippen LogP contribution >= 0.6 is 34.0 Å². The number of rotatable bonds is 2. The van der Waals surface area contributed by atoms with Crippen molar-refractivity contribution in [3.63, 3.8) is 0 Å². The van der Waals surface area contributed by atoms with Crippen molar-refractivity contribution in [2.45, 2.75) is 0 Å². The van der Waals surface area contributed by atoms with Gasteiger partial charge in [-0.05, 0) is 63.9 Å². The van der Waals surface area contributed by atoms with Crippen molar-refractivity contribution in [3.05, 3.63) is 154 Å². The molecule has 0 saturated carbocycles. The van der Waals surface area contributed by atoms with E-state index in [-0.39, 0.29) is 11.1 Å².